The first-order valence-electron chi connectivity index (χ1n) is 15.3. The Morgan fingerprint density at radius 1 is 0.889 bits per heavy atom. The van der Waals surface area contributed by atoms with E-state index in [1.54, 1.807) is 29.2 Å². The minimum atomic E-state index is -0.358. The third-order valence-corrected chi connectivity index (χ3v) is 7.53. The number of aromatic nitrogens is 2. The molecule has 11 nitrogen and oxygen atoms in total. The zero-order valence-corrected chi connectivity index (χ0v) is 25.2. The molecule has 1 aliphatic rings. The molecular formula is C34H39N5O6. The number of H-pyrrole nitrogens is 1. The van der Waals surface area contributed by atoms with Crippen LogP contribution in [0.15, 0.2) is 72.8 Å². The number of likely N-dealkylation sites (tertiary alicyclic amines) is 1. The van der Waals surface area contributed by atoms with Crippen molar-refractivity contribution < 1.29 is 28.6 Å². The fourth-order valence-corrected chi connectivity index (χ4v) is 5.18. The molecule has 2 heterocycles. The number of carbonyl (C=O) groups is 3. The molecule has 1 aliphatic heterocycles. The quantitative estimate of drug-likeness (QED) is 0.145. The van der Waals surface area contributed by atoms with Crippen LogP contribution >= 0.6 is 0 Å². The second-order valence-electron chi connectivity index (χ2n) is 10.8. The number of piperidine rings is 1. The van der Waals surface area contributed by atoms with Crippen molar-refractivity contribution in [2.24, 2.45) is 5.73 Å². The number of nitrogens with zero attached hydrogens (tertiary/aromatic N) is 2. The average molecular weight is 614 g/mol. The van der Waals surface area contributed by atoms with E-state index < -0.39 is 0 Å². The van der Waals surface area contributed by atoms with Gasteiger partial charge in [0, 0.05) is 55.7 Å². The summed E-state index contributed by atoms with van der Waals surface area (Å²) >= 11 is 0. The van der Waals surface area contributed by atoms with E-state index in [0.29, 0.717) is 82.1 Å². The van der Waals surface area contributed by atoms with E-state index >= 15 is 0 Å². The maximum atomic E-state index is 13.1. The highest BCUT2D eigenvalue weighted by atomic mass is 16.5. The normalized spacial score (nSPS) is 13.6. The highest BCUT2D eigenvalue weighted by molar-refractivity contribution is 5.95. The van der Waals surface area contributed by atoms with E-state index in [-0.39, 0.29) is 30.3 Å². The van der Waals surface area contributed by atoms with Crippen molar-refractivity contribution in [3.63, 3.8) is 0 Å². The standard InChI is InChI=1S/C34H39N5O6/c35-14-18-43-20-21-44-19-15-36-33(41)27-5-3-4-24(22-27)23-31(40)45-28-12-16-39(17-13-28)34(42)26-10-8-25(9-11-26)32-37-29-6-1-2-7-30(29)38-32/h1-11,22,28H,12-21,23,35H2,(H,36,41)(H,37,38). The first-order valence-corrected chi connectivity index (χ1v) is 15.3. The van der Waals surface area contributed by atoms with Gasteiger partial charge >= 0.3 is 5.97 Å². The van der Waals surface area contributed by atoms with Gasteiger partial charge in [0.05, 0.1) is 43.9 Å². The van der Waals surface area contributed by atoms with E-state index in [2.05, 4.69) is 15.3 Å². The Morgan fingerprint density at radius 3 is 2.40 bits per heavy atom. The van der Waals surface area contributed by atoms with Gasteiger partial charge in [0.1, 0.15) is 11.9 Å². The summed E-state index contributed by atoms with van der Waals surface area (Å²) in [7, 11) is 0. The Kier molecular flexibility index (Phi) is 11.3. The molecule has 4 aromatic rings. The molecule has 2 amide bonds. The van der Waals surface area contributed by atoms with Crippen molar-refractivity contribution in [1.82, 2.24) is 20.2 Å². The van der Waals surface area contributed by atoms with Gasteiger partial charge in [-0.05, 0) is 42.0 Å². The molecule has 4 N–H and O–H groups in total. The topological polar surface area (TPSA) is 149 Å². The molecule has 1 fully saturated rings. The lowest BCUT2D eigenvalue weighted by atomic mass is 10.0. The zero-order valence-electron chi connectivity index (χ0n) is 25.2. The van der Waals surface area contributed by atoms with E-state index in [0.717, 1.165) is 22.4 Å². The molecule has 0 aliphatic carbocycles. The molecule has 236 valence electrons. The number of benzene rings is 3. The van der Waals surface area contributed by atoms with Crippen LogP contribution in [0.3, 0.4) is 0 Å². The maximum Gasteiger partial charge on any atom is 0.310 e. The lowest BCUT2D eigenvalue weighted by Gasteiger charge is -2.31. The van der Waals surface area contributed by atoms with Crippen LogP contribution in [-0.2, 0) is 25.4 Å². The number of nitrogens with one attached hydrogen (secondary N) is 2. The lowest BCUT2D eigenvalue weighted by Crippen LogP contribution is -2.41. The zero-order chi connectivity index (χ0) is 31.4. The molecule has 0 atom stereocenters. The Labute approximate surface area is 262 Å². The lowest BCUT2D eigenvalue weighted by molar-refractivity contribution is -0.150. The number of nitrogens with two attached hydrogens (primary N) is 1. The van der Waals surface area contributed by atoms with Crippen molar-refractivity contribution in [1.29, 1.82) is 0 Å². The first kappa shape index (κ1) is 31.8. The number of hydrogen-bond acceptors (Lipinski definition) is 8. The largest absolute Gasteiger partial charge is 0.462 e. The number of ether oxygens (including phenoxy) is 3. The second kappa shape index (κ2) is 15.9. The molecular weight excluding hydrogens is 574 g/mol. The highest BCUT2D eigenvalue weighted by Gasteiger charge is 2.26. The van der Waals surface area contributed by atoms with Crippen LogP contribution in [0.2, 0.25) is 0 Å². The maximum absolute atomic E-state index is 13.1. The van der Waals surface area contributed by atoms with Gasteiger partial charge in [-0.1, -0.05) is 36.4 Å². The molecule has 5 rings (SSSR count). The number of rotatable bonds is 14. The summed E-state index contributed by atoms with van der Waals surface area (Å²) in [6.07, 6.45) is 0.935. The van der Waals surface area contributed by atoms with Crippen LogP contribution in [0.5, 0.6) is 0 Å². The minimum absolute atomic E-state index is 0.0471. The van der Waals surface area contributed by atoms with E-state index in [9.17, 15) is 14.4 Å². The molecule has 0 saturated carbocycles. The van der Waals surface area contributed by atoms with E-state index in [4.69, 9.17) is 19.9 Å². The van der Waals surface area contributed by atoms with Crippen LogP contribution in [0.1, 0.15) is 39.1 Å². The molecule has 0 unspecified atom stereocenters. The van der Waals surface area contributed by atoms with Gasteiger partial charge in [-0.2, -0.15) is 0 Å². The first-order chi connectivity index (χ1) is 22.0. The number of imidazole rings is 1. The summed E-state index contributed by atoms with van der Waals surface area (Å²) < 4.78 is 16.4. The Bertz CT molecular complexity index is 1550. The van der Waals surface area contributed by atoms with Gasteiger partial charge in [-0.25, -0.2) is 4.98 Å². The van der Waals surface area contributed by atoms with E-state index in [1.165, 1.54) is 0 Å². The van der Waals surface area contributed by atoms with Crippen molar-refractivity contribution >= 4 is 28.8 Å². The summed E-state index contributed by atoms with van der Waals surface area (Å²) in [6, 6.07) is 22.2. The predicted molar refractivity (Wildman–Crippen MR) is 170 cm³/mol. The summed E-state index contributed by atoms with van der Waals surface area (Å²) in [6.45, 7) is 3.58. The van der Waals surface area contributed by atoms with Crippen LogP contribution in [-0.4, -0.2) is 91.4 Å². The number of aromatic amines is 1. The van der Waals surface area contributed by atoms with Crippen LogP contribution < -0.4 is 11.1 Å². The second-order valence-corrected chi connectivity index (χ2v) is 10.8. The van der Waals surface area contributed by atoms with Crippen LogP contribution in [0.25, 0.3) is 22.4 Å². The Morgan fingerprint density at radius 2 is 1.64 bits per heavy atom. The van der Waals surface area contributed by atoms with Crippen molar-refractivity contribution in [2.75, 3.05) is 52.6 Å². The van der Waals surface area contributed by atoms with Gasteiger partial charge in [-0.15, -0.1) is 0 Å². The molecule has 3 aromatic carbocycles. The molecule has 45 heavy (non-hydrogen) atoms. The summed E-state index contributed by atoms with van der Waals surface area (Å²) in [5, 5.41) is 2.81. The summed E-state index contributed by atoms with van der Waals surface area (Å²) in [5.74, 6) is 0.113. The van der Waals surface area contributed by atoms with Gasteiger partial charge in [0.25, 0.3) is 11.8 Å². The number of hydrogen-bond donors (Lipinski definition) is 3. The summed E-state index contributed by atoms with van der Waals surface area (Å²) in [4.78, 5) is 48.1. The average Bonchev–Trinajstić information content (AvgIpc) is 3.51. The predicted octanol–water partition coefficient (Wildman–Crippen LogP) is 3.34. The molecule has 0 bridgehead atoms. The Hall–Kier alpha value is -4.58. The van der Waals surface area contributed by atoms with Crippen molar-refractivity contribution in [2.45, 2.75) is 25.4 Å². The molecule has 11 heteroatoms. The fraction of sp³-hybridized carbons (Fsp3) is 0.353. The van der Waals surface area contributed by atoms with Gasteiger partial charge in [-0.3, -0.25) is 14.4 Å². The van der Waals surface area contributed by atoms with Gasteiger partial charge in [0.2, 0.25) is 0 Å². The van der Waals surface area contributed by atoms with Crippen LogP contribution in [0, 0.1) is 0 Å². The van der Waals surface area contributed by atoms with Gasteiger partial charge in [0.15, 0.2) is 0 Å². The molecule has 1 aromatic heterocycles. The number of para-hydroxylation sites is 2. The molecule has 0 radical (unpaired) electrons. The minimum Gasteiger partial charge on any atom is -0.462 e. The molecule has 1 saturated heterocycles. The summed E-state index contributed by atoms with van der Waals surface area (Å²) in [5.41, 5.74) is 9.89. The third-order valence-electron chi connectivity index (χ3n) is 7.53. The fourth-order valence-electron chi connectivity index (χ4n) is 5.18. The number of amides is 2. The van der Waals surface area contributed by atoms with Crippen molar-refractivity contribution in [3.8, 4) is 11.4 Å². The monoisotopic (exact) mass is 613 g/mol. The number of fused-ring (bicyclic) bond motifs is 1. The SMILES string of the molecule is NCCOCCOCCNC(=O)c1cccc(CC(=O)OC2CCN(C(=O)c3ccc(-c4nc5ccccc5[nH]4)cc3)CC2)c1. The van der Waals surface area contributed by atoms with Crippen molar-refractivity contribution in [3.05, 3.63) is 89.5 Å². The van der Waals surface area contributed by atoms with Gasteiger partial charge < -0.3 is 35.1 Å². The highest BCUT2D eigenvalue weighted by Crippen LogP contribution is 2.22. The van der Waals surface area contributed by atoms with Crippen LogP contribution in [0.4, 0.5) is 0 Å². The Balaban J connectivity index is 1.03. The smallest absolute Gasteiger partial charge is 0.310 e. The number of esters is 1. The van der Waals surface area contributed by atoms with E-state index in [1.807, 2.05) is 48.5 Å². The number of carbonyl (C=O) groups excluding carboxylic acids is 3. The third kappa shape index (κ3) is 8.98. The molecule has 0 spiro atoms.